The van der Waals surface area contributed by atoms with Crippen LogP contribution in [0.15, 0.2) is 36.4 Å². The average Bonchev–Trinajstić information content (AvgIpc) is 2.92. The number of halogens is 1. The van der Waals surface area contributed by atoms with Gasteiger partial charge in [-0.15, -0.1) is 0 Å². The highest BCUT2D eigenvalue weighted by Crippen LogP contribution is 2.35. The van der Waals surface area contributed by atoms with Gasteiger partial charge in [-0.05, 0) is 23.8 Å². The van der Waals surface area contributed by atoms with Crippen LogP contribution in [0.5, 0.6) is 17.2 Å². The number of hydrogen-bond acceptors (Lipinski definition) is 4. The third-order valence-electron chi connectivity index (χ3n) is 3.13. The lowest BCUT2D eigenvalue weighted by Crippen LogP contribution is -2.13. The number of phenols is 1. The predicted octanol–water partition coefficient (Wildman–Crippen LogP) is 3.06. The standard InChI is InChI=1S/C15H14ClNO3/c16-12-6-10(4-5-13(12)18)7-17-8-11-2-1-3-14-15(11)20-9-19-14/h1-6,17-18H,7-9H2. The molecule has 2 N–H and O–H groups in total. The molecule has 0 aliphatic carbocycles. The zero-order chi connectivity index (χ0) is 13.9. The molecule has 1 heterocycles. The summed E-state index contributed by atoms with van der Waals surface area (Å²) in [5.41, 5.74) is 2.07. The van der Waals surface area contributed by atoms with Gasteiger partial charge in [0, 0.05) is 18.7 Å². The summed E-state index contributed by atoms with van der Waals surface area (Å²) < 4.78 is 10.8. The van der Waals surface area contributed by atoms with Gasteiger partial charge in [0.2, 0.25) is 6.79 Å². The van der Waals surface area contributed by atoms with Gasteiger partial charge in [-0.1, -0.05) is 29.8 Å². The largest absolute Gasteiger partial charge is 0.506 e. The third-order valence-corrected chi connectivity index (χ3v) is 3.44. The topological polar surface area (TPSA) is 50.7 Å². The zero-order valence-electron chi connectivity index (χ0n) is 10.7. The van der Waals surface area contributed by atoms with Crippen molar-refractivity contribution in [1.82, 2.24) is 5.32 Å². The van der Waals surface area contributed by atoms with Crippen molar-refractivity contribution in [3.8, 4) is 17.2 Å². The molecule has 1 aliphatic heterocycles. The summed E-state index contributed by atoms with van der Waals surface area (Å²) >= 11 is 5.87. The predicted molar refractivity (Wildman–Crippen MR) is 76.2 cm³/mol. The molecule has 5 heteroatoms. The number of phenolic OH excluding ortho intramolecular Hbond substituents is 1. The Bertz CT molecular complexity index is 631. The monoisotopic (exact) mass is 291 g/mol. The molecule has 0 bridgehead atoms. The molecule has 0 amide bonds. The van der Waals surface area contributed by atoms with Gasteiger partial charge in [0.15, 0.2) is 11.5 Å². The van der Waals surface area contributed by atoms with Gasteiger partial charge in [-0.25, -0.2) is 0 Å². The summed E-state index contributed by atoms with van der Waals surface area (Å²) in [4.78, 5) is 0. The van der Waals surface area contributed by atoms with E-state index < -0.39 is 0 Å². The zero-order valence-corrected chi connectivity index (χ0v) is 11.5. The second kappa shape index (κ2) is 5.61. The van der Waals surface area contributed by atoms with E-state index in [1.54, 1.807) is 12.1 Å². The Hall–Kier alpha value is -1.91. The molecule has 20 heavy (non-hydrogen) atoms. The second-order valence-corrected chi connectivity index (χ2v) is 4.95. The van der Waals surface area contributed by atoms with E-state index in [1.165, 1.54) is 0 Å². The molecular formula is C15H14ClNO3. The first-order valence-corrected chi connectivity index (χ1v) is 6.67. The maximum atomic E-state index is 9.37. The van der Waals surface area contributed by atoms with E-state index in [0.717, 1.165) is 22.6 Å². The van der Waals surface area contributed by atoms with Crippen molar-refractivity contribution in [2.24, 2.45) is 0 Å². The fraction of sp³-hybridized carbons (Fsp3) is 0.200. The number of benzene rings is 2. The van der Waals surface area contributed by atoms with Crippen molar-refractivity contribution >= 4 is 11.6 Å². The highest BCUT2D eigenvalue weighted by atomic mass is 35.5. The fourth-order valence-electron chi connectivity index (χ4n) is 2.13. The van der Waals surface area contributed by atoms with Crippen LogP contribution in [0.2, 0.25) is 5.02 Å². The smallest absolute Gasteiger partial charge is 0.231 e. The van der Waals surface area contributed by atoms with E-state index in [9.17, 15) is 5.11 Å². The molecule has 104 valence electrons. The maximum absolute atomic E-state index is 9.37. The van der Waals surface area contributed by atoms with Crippen molar-refractivity contribution in [3.63, 3.8) is 0 Å². The Morgan fingerprint density at radius 2 is 2.05 bits per heavy atom. The van der Waals surface area contributed by atoms with Gasteiger partial charge >= 0.3 is 0 Å². The molecule has 0 radical (unpaired) electrons. The van der Waals surface area contributed by atoms with Crippen molar-refractivity contribution in [1.29, 1.82) is 0 Å². The SMILES string of the molecule is Oc1ccc(CNCc2cccc3c2OCO3)cc1Cl. The minimum atomic E-state index is 0.0989. The van der Waals surface area contributed by atoms with Gasteiger partial charge in [-0.3, -0.25) is 0 Å². The summed E-state index contributed by atoms with van der Waals surface area (Å²) in [6, 6.07) is 11.0. The summed E-state index contributed by atoms with van der Waals surface area (Å²) in [5, 5.41) is 13.1. The molecule has 1 aliphatic rings. The summed E-state index contributed by atoms with van der Waals surface area (Å²) in [5.74, 6) is 1.70. The number of nitrogens with one attached hydrogen (secondary N) is 1. The van der Waals surface area contributed by atoms with Crippen LogP contribution in [0.3, 0.4) is 0 Å². The van der Waals surface area contributed by atoms with Gasteiger partial charge in [-0.2, -0.15) is 0 Å². The van der Waals surface area contributed by atoms with Gasteiger partial charge in [0.25, 0.3) is 0 Å². The second-order valence-electron chi connectivity index (χ2n) is 4.54. The molecule has 0 unspecified atom stereocenters. The Morgan fingerprint density at radius 1 is 1.15 bits per heavy atom. The van der Waals surface area contributed by atoms with E-state index in [-0.39, 0.29) is 12.5 Å². The Balaban J connectivity index is 1.63. The van der Waals surface area contributed by atoms with Gasteiger partial charge < -0.3 is 19.9 Å². The Kier molecular flexibility index (Phi) is 3.67. The van der Waals surface area contributed by atoms with Crippen molar-refractivity contribution in [3.05, 3.63) is 52.5 Å². The van der Waals surface area contributed by atoms with Crippen LogP contribution in [-0.4, -0.2) is 11.9 Å². The van der Waals surface area contributed by atoms with E-state index in [2.05, 4.69) is 5.32 Å². The molecule has 0 aromatic heterocycles. The molecular weight excluding hydrogens is 278 g/mol. The third kappa shape index (κ3) is 2.66. The number of ether oxygens (including phenoxy) is 2. The molecule has 2 aromatic carbocycles. The first-order valence-electron chi connectivity index (χ1n) is 6.29. The van der Waals surface area contributed by atoms with E-state index in [0.29, 0.717) is 18.1 Å². The fourth-order valence-corrected chi connectivity index (χ4v) is 2.33. The van der Waals surface area contributed by atoms with Crippen LogP contribution < -0.4 is 14.8 Å². The molecule has 0 atom stereocenters. The minimum Gasteiger partial charge on any atom is -0.506 e. The van der Waals surface area contributed by atoms with Crippen LogP contribution >= 0.6 is 11.6 Å². The highest BCUT2D eigenvalue weighted by Gasteiger charge is 2.16. The number of hydrogen-bond donors (Lipinski definition) is 2. The first-order chi connectivity index (χ1) is 9.74. The van der Waals surface area contributed by atoms with Crippen LogP contribution in [0.4, 0.5) is 0 Å². The number of aromatic hydroxyl groups is 1. The van der Waals surface area contributed by atoms with Crippen LogP contribution in [-0.2, 0) is 13.1 Å². The molecule has 0 fully saturated rings. The minimum absolute atomic E-state index is 0.0989. The normalized spacial score (nSPS) is 12.7. The number of fused-ring (bicyclic) bond motifs is 1. The van der Waals surface area contributed by atoms with Crippen molar-refractivity contribution in [2.45, 2.75) is 13.1 Å². The quantitative estimate of drug-likeness (QED) is 0.909. The summed E-state index contributed by atoms with van der Waals surface area (Å²) in [6.45, 7) is 1.61. The maximum Gasteiger partial charge on any atom is 0.231 e. The van der Waals surface area contributed by atoms with E-state index >= 15 is 0 Å². The van der Waals surface area contributed by atoms with E-state index in [1.807, 2.05) is 24.3 Å². The molecule has 2 aromatic rings. The average molecular weight is 292 g/mol. The molecule has 0 saturated heterocycles. The van der Waals surface area contributed by atoms with Crippen molar-refractivity contribution < 1.29 is 14.6 Å². The molecule has 3 rings (SSSR count). The lowest BCUT2D eigenvalue weighted by atomic mass is 10.1. The lowest BCUT2D eigenvalue weighted by molar-refractivity contribution is 0.173. The molecule has 0 spiro atoms. The van der Waals surface area contributed by atoms with Crippen LogP contribution in [0.25, 0.3) is 0 Å². The van der Waals surface area contributed by atoms with Crippen LogP contribution in [0, 0.1) is 0 Å². The number of para-hydroxylation sites is 1. The highest BCUT2D eigenvalue weighted by molar-refractivity contribution is 6.32. The van der Waals surface area contributed by atoms with E-state index in [4.69, 9.17) is 21.1 Å². The summed E-state index contributed by atoms with van der Waals surface area (Å²) in [6.07, 6.45) is 0. The van der Waals surface area contributed by atoms with Gasteiger partial charge in [0.05, 0.1) is 5.02 Å². The summed E-state index contributed by atoms with van der Waals surface area (Å²) in [7, 11) is 0. The van der Waals surface area contributed by atoms with Crippen LogP contribution in [0.1, 0.15) is 11.1 Å². The van der Waals surface area contributed by atoms with Crippen molar-refractivity contribution in [2.75, 3.05) is 6.79 Å². The Labute approximate surface area is 121 Å². The molecule has 4 nitrogen and oxygen atoms in total. The molecule has 0 saturated carbocycles. The number of rotatable bonds is 4. The first kappa shape index (κ1) is 13.1. The lowest BCUT2D eigenvalue weighted by Gasteiger charge is -2.08. The van der Waals surface area contributed by atoms with Gasteiger partial charge in [0.1, 0.15) is 5.75 Å². The Morgan fingerprint density at radius 3 is 2.90 bits per heavy atom.